The summed E-state index contributed by atoms with van der Waals surface area (Å²) in [7, 11) is 0. The first-order chi connectivity index (χ1) is 5.31. The predicted octanol–water partition coefficient (Wildman–Crippen LogP) is 0.879. The van der Waals surface area contributed by atoms with Crippen molar-refractivity contribution in [3.05, 3.63) is 16.6 Å². The second kappa shape index (κ2) is 2.28. The van der Waals surface area contributed by atoms with Crippen molar-refractivity contribution in [3.8, 4) is 0 Å². The normalized spacial score (nSPS) is 28.8. The molecule has 0 radical (unpaired) electrons. The van der Waals surface area contributed by atoms with Crippen LogP contribution in [0.2, 0.25) is 0 Å². The lowest BCUT2D eigenvalue weighted by atomic mass is 10.2. The van der Waals surface area contributed by atoms with Crippen molar-refractivity contribution < 1.29 is 4.84 Å². The van der Waals surface area contributed by atoms with Gasteiger partial charge in [0.1, 0.15) is 5.01 Å². The van der Waals surface area contributed by atoms with Gasteiger partial charge in [0.25, 0.3) is 0 Å². The van der Waals surface area contributed by atoms with E-state index in [9.17, 15) is 0 Å². The summed E-state index contributed by atoms with van der Waals surface area (Å²) in [6, 6.07) is 0. The highest BCUT2D eigenvalue weighted by molar-refractivity contribution is 7.09. The van der Waals surface area contributed by atoms with Crippen LogP contribution in [0, 0.1) is 0 Å². The van der Waals surface area contributed by atoms with E-state index in [0.717, 1.165) is 5.01 Å². The number of aromatic nitrogens is 1. The van der Waals surface area contributed by atoms with Crippen LogP contribution in [0.3, 0.4) is 0 Å². The van der Waals surface area contributed by atoms with Crippen LogP contribution in [0.25, 0.3) is 0 Å². The van der Waals surface area contributed by atoms with Crippen molar-refractivity contribution in [3.63, 3.8) is 0 Å². The zero-order chi connectivity index (χ0) is 7.73. The van der Waals surface area contributed by atoms with E-state index in [1.165, 1.54) is 6.40 Å². The van der Waals surface area contributed by atoms with E-state index in [0.29, 0.717) is 0 Å². The molecule has 1 aliphatic heterocycles. The van der Waals surface area contributed by atoms with Crippen molar-refractivity contribution in [2.45, 2.75) is 12.6 Å². The van der Waals surface area contributed by atoms with Crippen LogP contribution in [0.1, 0.15) is 11.9 Å². The van der Waals surface area contributed by atoms with Gasteiger partial charge >= 0.3 is 0 Å². The summed E-state index contributed by atoms with van der Waals surface area (Å²) in [4.78, 5) is 13.0. The van der Waals surface area contributed by atoms with Crippen LogP contribution in [-0.2, 0) is 10.5 Å². The van der Waals surface area contributed by atoms with Crippen LogP contribution in [-0.4, -0.2) is 11.4 Å². The summed E-state index contributed by atoms with van der Waals surface area (Å²) in [6.07, 6.45) is 3.14. The molecule has 0 aromatic carbocycles. The molecule has 0 saturated carbocycles. The van der Waals surface area contributed by atoms with Crippen LogP contribution >= 0.6 is 11.3 Å². The smallest absolute Gasteiger partial charge is 0.198 e. The van der Waals surface area contributed by atoms with Crippen molar-refractivity contribution in [1.29, 1.82) is 0 Å². The minimum Gasteiger partial charge on any atom is -0.394 e. The molecule has 1 aliphatic rings. The highest BCUT2D eigenvalue weighted by atomic mass is 32.1. The van der Waals surface area contributed by atoms with E-state index >= 15 is 0 Å². The van der Waals surface area contributed by atoms with Crippen LogP contribution in [0.15, 0.2) is 16.6 Å². The highest BCUT2D eigenvalue weighted by Gasteiger charge is 2.31. The summed E-state index contributed by atoms with van der Waals surface area (Å²) in [5.41, 5.74) is 2.28. The maximum absolute atomic E-state index is 4.81. The van der Waals surface area contributed by atoms with Gasteiger partial charge in [-0.3, -0.25) is 0 Å². The number of hydrogen-bond donors (Lipinski definition) is 1. The summed E-state index contributed by atoms with van der Waals surface area (Å²) in [5.74, 6) is 0. The molecule has 0 fully saturated rings. The maximum Gasteiger partial charge on any atom is 0.198 e. The van der Waals surface area contributed by atoms with Gasteiger partial charge in [-0.15, -0.1) is 16.8 Å². The number of nitrogens with one attached hydrogen (secondary N) is 1. The molecule has 58 valence electrons. The first kappa shape index (κ1) is 6.75. The Hall–Kier alpha value is -0.940. The van der Waals surface area contributed by atoms with Crippen molar-refractivity contribution in [2.24, 2.45) is 4.99 Å². The molecule has 1 aromatic heterocycles. The van der Waals surface area contributed by atoms with Gasteiger partial charge in [-0.2, -0.15) is 0 Å². The third-order valence-corrected chi connectivity index (χ3v) is 2.45. The van der Waals surface area contributed by atoms with Crippen LogP contribution in [0.4, 0.5) is 0 Å². The molecule has 2 heterocycles. The highest BCUT2D eigenvalue weighted by Crippen LogP contribution is 2.25. The number of thiazole rings is 1. The molecule has 0 aliphatic carbocycles. The van der Waals surface area contributed by atoms with Crippen molar-refractivity contribution >= 4 is 17.7 Å². The SMILES string of the molecule is CC1(c2nccs2)N=CON1. The van der Waals surface area contributed by atoms with Gasteiger partial charge in [-0.1, -0.05) is 0 Å². The molecular weight excluding hydrogens is 162 g/mol. The van der Waals surface area contributed by atoms with E-state index < -0.39 is 5.66 Å². The summed E-state index contributed by atoms with van der Waals surface area (Å²) in [6.45, 7) is 1.91. The lowest BCUT2D eigenvalue weighted by Gasteiger charge is -2.14. The molecule has 5 heteroatoms. The fraction of sp³-hybridized carbons (Fsp3) is 0.333. The van der Waals surface area contributed by atoms with Crippen LogP contribution < -0.4 is 5.48 Å². The Kier molecular flexibility index (Phi) is 1.40. The van der Waals surface area contributed by atoms with Gasteiger partial charge in [0, 0.05) is 11.6 Å². The van der Waals surface area contributed by atoms with Gasteiger partial charge in [0.05, 0.1) is 0 Å². The first-order valence-electron chi connectivity index (χ1n) is 3.18. The molecule has 0 saturated heterocycles. The summed E-state index contributed by atoms with van der Waals surface area (Å²) in [5, 5.41) is 2.82. The fourth-order valence-corrected chi connectivity index (χ4v) is 1.56. The predicted molar refractivity (Wildman–Crippen MR) is 42.2 cm³/mol. The van der Waals surface area contributed by atoms with E-state index in [1.54, 1.807) is 17.5 Å². The first-order valence-corrected chi connectivity index (χ1v) is 4.06. The zero-order valence-electron chi connectivity index (χ0n) is 5.94. The molecule has 1 atom stereocenters. The standard InChI is InChI=1S/C6H7N3OS/c1-6(8-4-10-9-6)5-7-2-3-11-5/h2-4,9H,1H3. The van der Waals surface area contributed by atoms with Crippen molar-refractivity contribution in [1.82, 2.24) is 10.5 Å². The second-order valence-electron chi connectivity index (χ2n) is 2.36. The number of aliphatic imine (C=N–C) groups is 1. The minimum atomic E-state index is -0.478. The molecule has 0 amide bonds. The Balaban J connectivity index is 2.35. The van der Waals surface area contributed by atoms with Gasteiger partial charge in [0.15, 0.2) is 12.1 Å². The average molecular weight is 169 g/mol. The van der Waals surface area contributed by atoms with Gasteiger partial charge in [-0.05, 0) is 6.92 Å². The van der Waals surface area contributed by atoms with Gasteiger partial charge < -0.3 is 4.84 Å². The molecule has 1 aromatic rings. The van der Waals surface area contributed by atoms with E-state index in [4.69, 9.17) is 4.84 Å². The number of rotatable bonds is 1. The minimum absolute atomic E-state index is 0.478. The summed E-state index contributed by atoms with van der Waals surface area (Å²) < 4.78 is 0. The Labute approximate surface area is 67.9 Å². The average Bonchev–Trinajstić information content (AvgIpc) is 2.55. The maximum atomic E-state index is 4.81. The summed E-state index contributed by atoms with van der Waals surface area (Å²) >= 11 is 1.55. The Morgan fingerprint density at radius 2 is 2.64 bits per heavy atom. The third kappa shape index (κ3) is 1.02. The number of nitrogens with zero attached hydrogens (tertiary/aromatic N) is 2. The monoisotopic (exact) mass is 169 g/mol. The fourth-order valence-electron chi connectivity index (χ4n) is 0.862. The molecule has 0 spiro atoms. The lowest BCUT2D eigenvalue weighted by Crippen LogP contribution is -2.32. The number of hydrogen-bond acceptors (Lipinski definition) is 5. The Bertz CT molecular complexity index is 271. The van der Waals surface area contributed by atoms with E-state index in [1.807, 2.05) is 12.3 Å². The molecule has 2 rings (SSSR count). The second-order valence-corrected chi connectivity index (χ2v) is 3.26. The third-order valence-electron chi connectivity index (χ3n) is 1.47. The van der Waals surface area contributed by atoms with E-state index in [-0.39, 0.29) is 0 Å². The van der Waals surface area contributed by atoms with Gasteiger partial charge in [0.2, 0.25) is 0 Å². The number of hydroxylamine groups is 1. The topological polar surface area (TPSA) is 46.5 Å². The largest absolute Gasteiger partial charge is 0.394 e. The molecule has 4 nitrogen and oxygen atoms in total. The molecule has 1 N–H and O–H groups in total. The van der Waals surface area contributed by atoms with Gasteiger partial charge in [-0.25, -0.2) is 9.98 Å². The molecule has 1 unspecified atom stereocenters. The quantitative estimate of drug-likeness (QED) is 0.678. The van der Waals surface area contributed by atoms with Crippen LogP contribution in [0.5, 0.6) is 0 Å². The Morgan fingerprint density at radius 3 is 3.18 bits per heavy atom. The molecular formula is C6H7N3OS. The molecule has 0 bridgehead atoms. The zero-order valence-corrected chi connectivity index (χ0v) is 6.76. The Morgan fingerprint density at radius 1 is 1.73 bits per heavy atom. The lowest BCUT2D eigenvalue weighted by molar-refractivity contribution is 0.134. The molecule has 11 heavy (non-hydrogen) atoms. The van der Waals surface area contributed by atoms with E-state index in [2.05, 4.69) is 15.5 Å². The van der Waals surface area contributed by atoms with Crippen molar-refractivity contribution in [2.75, 3.05) is 0 Å².